The van der Waals surface area contributed by atoms with Crippen molar-refractivity contribution >= 4 is 21.4 Å². The van der Waals surface area contributed by atoms with Gasteiger partial charge in [-0.15, -0.1) is 0 Å². The third-order valence-corrected chi connectivity index (χ3v) is 3.41. The molecule has 0 aliphatic heterocycles. The third-order valence-electron chi connectivity index (χ3n) is 2.43. The van der Waals surface area contributed by atoms with E-state index < -0.39 is 44.9 Å². The van der Waals surface area contributed by atoms with Crippen molar-refractivity contribution in [2.75, 3.05) is 17.3 Å². The highest BCUT2D eigenvalue weighted by atomic mass is 32.2. The molecule has 0 aromatic heterocycles. The van der Waals surface area contributed by atoms with Crippen molar-refractivity contribution in [3.05, 3.63) is 29.6 Å². The number of rotatable bonds is 5. The van der Waals surface area contributed by atoms with Gasteiger partial charge in [-0.3, -0.25) is 4.79 Å². The molecule has 9 heteroatoms. The van der Waals surface area contributed by atoms with Crippen LogP contribution in [0.15, 0.2) is 12.1 Å². The van der Waals surface area contributed by atoms with Crippen LogP contribution in [-0.2, 0) is 14.6 Å². The first-order chi connectivity index (χ1) is 9.11. The summed E-state index contributed by atoms with van der Waals surface area (Å²) in [6.45, 7) is 0. The van der Waals surface area contributed by atoms with Gasteiger partial charge in [-0.2, -0.15) is 0 Å². The lowest BCUT2D eigenvalue weighted by Crippen LogP contribution is -2.37. The van der Waals surface area contributed by atoms with E-state index in [0.717, 1.165) is 12.3 Å². The van der Waals surface area contributed by atoms with E-state index in [1.165, 1.54) is 0 Å². The number of nitrogens with one attached hydrogen (secondary N) is 1. The molecule has 112 valence electrons. The Balaban J connectivity index is 2.74. The highest BCUT2D eigenvalue weighted by molar-refractivity contribution is 7.90. The number of carbonyl (C=O) groups is 1. The molecule has 1 aromatic rings. The lowest BCUT2D eigenvalue weighted by molar-refractivity contribution is -0.117. The second-order valence-electron chi connectivity index (χ2n) is 4.24. The number of benzene rings is 1. The maximum atomic E-state index is 13.3. The third kappa shape index (κ3) is 4.49. The Hall–Kier alpha value is -1.61. The van der Waals surface area contributed by atoms with Gasteiger partial charge in [0.05, 0.1) is 17.5 Å². The molecular weight excluding hydrogens is 297 g/mol. The van der Waals surface area contributed by atoms with E-state index in [4.69, 9.17) is 5.73 Å². The van der Waals surface area contributed by atoms with Crippen LogP contribution in [0, 0.1) is 17.5 Å². The molecule has 0 saturated carbocycles. The summed E-state index contributed by atoms with van der Waals surface area (Å²) < 4.78 is 60.7. The van der Waals surface area contributed by atoms with Gasteiger partial charge in [0.15, 0.2) is 17.5 Å². The average molecular weight is 310 g/mol. The van der Waals surface area contributed by atoms with E-state index in [-0.39, 0.29) is 12.2 Å². The van der Waals surface area contributed by atoms with Gasteiger partial charge in [0.1, 0.15) is 9.84 Å². The molecule has 0 spiro atoms. The Labute approximate surface area is 113 Å². The molecule has 0 aliphatic carbocycles. The molecule has 0 bridgehead atoms. The zero-order chi connectivity index (χ0) is 15.5. The Bertz CT molecular complexity index is 620. The predicted octanol–water partition coefficient (Wildman–Crippen LogP) is 0.804. The quantitative estimate of drug-likeness (QED) is 0.787. The van der Waals surface area contributed by atoms with Crippen molar-refractivity contribution < 1.29 is 26.4 Å². The van der Waals surface area contributed by atoms with Gasteiger partial charge < -0.3 is 11.1 Å². The van der Waals surface area contributed by atoms with Crippen LogP contribution in [0.4, 0.5) is 18.9 Å². The fourth-order valence-electron chi connectivity index (χ4n) is 1.32. The van der Waals surface area contributed by atoms with Crippen molar-refractivity contribution in [2.24, 2.45) is 5.73 Å². The minimum atomic E-state index is -3.29. The molecule has 0 heterocycles. The largest absolute Gasteiger partial charge is 0.322 e. The minimum absolute atomic E-state index is 0.171. The highest BCUT2D eigenvalue weighted by Gasteiger charge is 2.19. The van der Waals surface area contributed by atoms with Gasteiger partial charge in [-0.1, -0.05) is 0 Å². The summed E-state index contributed by atoms with van der Waals surface area (Å²) in [6, 6.07) is 0.280. The molecule has 1 rings (SSSR count). The molecule has 0 radical (unpaired) electrons. The van der Waals surface area contributed by atoms with Crippen LogP contribution in [0.5, 0.6) is 0 Å². The first-order valence-electron chi connectivity index (χ1n) is 5.49. The van der Waals surface area contributed by atoms with E-state index in [2.05, 4.69) is 0 Å². The maximum absolute atomic E-state index is 13.3. The normalized spacial score (nSPS) is 13.1. The maximum Gasteiger partial charge on any atom is 0.241 e. The molecule has 0 fully saturated rings. The first kappa shape index (κ1) is 16.4. The van der Waals surface area contributed by atoms with Crippen LogP contribution >= 0.6 is 0 Å². The number of hydrogen-bond donors (Lipinski definition) is 2. The van der Waals surface area contributed by atoms with Crippen molar-refractivity contribution in [1.29, 1.82) is 0 Å². The molecule has 1 aromatic carbocycles. The Morgan fingerprint density at radius 1 is 1.30 bits per heavy atom. The highest BCUT2D eigenvalue weighted by Crippen LogP contribution is 2.19. The van der Waals surface area contributed by atoms with E-state index in [0.29, 0.717) is 6.07 Å². The van der Waals surface area contributed by atoms with Crippen LogP contribution in [0.3, 0.4) is 0 Å². The molecule has 5 nitrogen and oxygen atoms in total. The predicted molar refractivity (Wildman–Crippen MR) is 67.2 cm³/mol. The fourth-order valence-corrected chi connectivity index (χ4v) is 2.00. The summed E-state index contributed by atoms with van der Waals surface area (Å²) >= 11 is 0. The smallest absolute Gasteiger partial charge is 0.241 e. The van der Waals surface area contributed by atoms with Gasteiger partial charge in [0, 0.05) is 6.26 Å². The topological polar surface area (TPSA) is 89.3 Å². The second-order valence-corrected chi connectivity index (χ2v) is 6.50. The molecule has 1 atom stereocenters. The zero-order valence-electron chi connectivity index (χ0n) is 10.5. The average Bonchev–Trinajstić information content (AvgIpc) is 2.35. The van der Waals surface area contributed by atoms with Crippen molar-refractivity contribution in [3.8, 4) is 0 Å². The van der Waals surface area contributed by atoms with E-state index in [1.54, 1.807) is 0 Å². The van der Waals surface area contributed by atoms with Crippen molar-refractivity contribution in [3.63, 3.8) is 0 Å². The molecule has 3 N–H and O–H groups in total. The number of anilines is 1. The Morgan fingerprint density at radius 2 is 1.90 bits per heavy atom. The van der Waals surface area contributed by atoms with E-state index >= 15 is 0 Å². The molecule has 0 aliphatic rings. The minimum Gasteiger partial charge on any atom is -0.322 e. The van der Waals surface area contributed by atoms with Gasteiger partial charge >= 0.3 is 0 Å². The summed E-state index contributed by atoms with van der Waals surface area (Å²) in [6.07, 6.45) is 0.808. The van der Waals surface area contributed by atoms with Crippen LogP contribution in [0.2, 0.25) is 0 Å². The molecule has 20 heavy (non-hydrogen) atoms. The van der Waals surface area contributed by atoms with Crippen LogP contribution in [0.25, 0.3) is 0 Å². The van der Waals surface area contributed by atoms with Crippen molar-refractivity contribution in [1.82, 2.24) is 0 Å². The monoisotopic (exact) mass is 310 g/mol. The molecule has 0 saturated heterocycles. The summed E-state index contributed by atoms with van der Waals surface area (Å²) in [5, 5.41) is 1.97. The number of amides is 1. The first-order valence-corrected chi connectivity index (χ1v) is 7.55. The molecular formula is C11H13F3N2O3S. The Kier molecular flexibility index (Phi) is 5.12. The number of hydrogen-bond acceptors (Lipinski definition) is 4. The number of carbonyl (C=O) groups excluding carboxylic acids is 1. The fraction of sp³-hybridized carbons (Fsp3) is 0.364. The summed E-state index contributed by atoms with van der Waals surface area (Å²) in [7, 11) is -3.29. The summed E-state index contributed by atoms with van der Waals surface area (Å²) in [4.78, 5) is 11.6. The van der Waals surface area contributed by atoms with Gasteiger partial charge in [0.2, 0.25) is 5.91 Å². The van der Waals surface area contributed by atoms with Crippen molar-refractivity contribution in [2.45, 2.75) is 12.5 Å². The van der Waals surface area contributed by atoms with E-state index in [1.807, 2.05) is 5.32 Å². The van der Waals surface area contributed by atoms with E-state index in [9.17, 15) is 26.4 Å². The van der Waals surface area contributed by atoms with Gasteiger partial charge in [-0.25, -0.2) is 21.6 Å². The number of halogens is 3. The number of nitrogens with two attached hydrogens (primary N) is 1. The van der Waals surface area contributed by atoms with Gasteiger partial charge in [0.25, 0.3) is 0 Å². The van der Waals surface area contributed by atoms with Crippen LogP contribution < -0.4 is 11.1 Å². The zero-order valence-corrected chi connectivity index (χ0v) is 11.3. The molecule has 1 unspecified atom stereocenters. The second kappa shape index (κ2) is 6.23. The standard InChI is InChI=1S/C11H13F3N2O3S/c1-20(18,19)5-4-7(15)11(17)16-8-3-2-6(12)9(13)10(8)14/h2-3,7H,4-5,15H2,1H3,(H,16,17). The summed E-state index contributed by atoms with van der Waals surface area (Å²) in [5.74, 6) is -5.86. The van der Waals surface area contributed by atoms with Crippen LogP contribution in [-0.4, -0.2) is 32.4 Å². The molecule has 1 amide bonds. The lowest BCUT2D eigenvalue weighted by Gasteiger charge is -2.12. The van der Waals surface area contributed by atoms with Crippen LogP contribution in [0.1, 0.15) is 6.42 Å². The Morgan fingerprint density at radius 3 is 2.45 bits per heavy atom. The number of sulfone groups is 1. The summed E-state index contributed by atoms with van der Waals surface area (Å²) in [5.41, 5.74) is 4.86. The SMILES string of the molecule is CS(=O)(=O)CCC(N)C(=O)Nc1ccc(F)c(F)c1F. The lowest BCUT2D eigenvalue weighted by atomic mass is 10.2. The van der Waals surface area contributed by atoms with Gasteiger partial charge in [-0.05, 0) is 18.6 Å².